The van der Waals surface area contributed by atoms with E-state index in [9.17, 15) is 14.0 Å². The van der Waals surface area contributed by atoms with Gasteiger partial charge in [0.25, 0.3) is 5.91 Å². The second kappa shape index (κ2) is 7.21. The van der Waals surface area contributed by atoms with Gasteiger partial charge in [-0.3, -0.25) is 10.2 Å². The standard InChI is InChI=1S/C14H15FN4O3/c1-22-10-4-2-9-3-5-11(17-12(9)8-10)13(20)18-19-14(21)16-7-6-15/h2-5,8H,6-7H2,1H3,(H,18,20)(H2,16,19,21). The van der Waals surface area contributed by atoms with Crippen LogP contribution in [0.4, 0.5) is 9.18 Å². The van der Waals surface area contributed by atoms with Crippen LogP contribution >= 0.6 is 0 Å². The Labute approximate surface area is 125 Å². The normalized spacial score (nSPS) is 10.1. The molecule has 116 valence electrons. The summed E-state index contributed by atoms with van der Waals surface area (Å²) in [5.41, 5.74) is 5.01. The van der Waals surface area contributed by atoms with Crippen molar-refractivity contribution >= 4 is 22.8 Å². The lowest BCUT2D eigenvalue weighted by Crippen LogP contribution is -2.47. The maximum absolute atomic E-state index is 11.9. The lowest BCUT2D eigenvalue weighted by Gasteiger charge is -2.08. The molecular weight excluding hydrogens is 291 g/mol. The summed E-state index contributed by atoms with van der Waals surface area (Å²) in [4.78, 5) is 27.3. The monoisotopic (exact) mass is 306 g/mol. The number of nitrogens with zero attached hydrogens (tertiary/aromatic N) is 1. The van der Waals surface area contributed by atoms with E-state index in [1.165, 1.54) is 13.2 Å². The molecule has 2 rings (SSSR count). The average Bonchev–Trinajstić information content (AvgIpc) is 2.56. The number of halogens is 1. The summed E-state index contributed by atoms with van der Waals surface area (Å²) < 4.78 is 17.0. The van der Waals surface area contributed by atoms with Crippen LogP contribution in [0.15, 0.2) is 30.3 Å². The molecule has 0 radical (unpaired) electrons. The van der Waals surface area contributed by atoms with E-state index in [4.69, 9.17) is 4.74 Å². The molecule has 0 bridgehead atoms. The predicted molar refractivity (Wildman–Crippen MR) is 78.3 cm³/mol. The van der Waals surface area contributed by atoms with Crippen LogP contribution in [-0.4, -0.2) is 37.3 Å². The molecule has 7 nitrogen and oxygen atoms in total. The van der Waals surface area contributed by atoms with Crippen LogP contribution in [0.1, 0.15) is 10.5 Å². The molecule has 0 saturated heterocycles. The maximum Gasteiger partial charge on any atom is 0.333 e. The first kappa shape index (κ1) is 15.5. The Morgan fingerprint density at radius 3 is 2.73 bits per heavy atom. The number of amides is 3. The van der Waals surface area contributed by atoms with Crippen molar-refractivity contribution < 1.29 is 18.7 Å². The van der Waals surface area contributed by atoms with Gasteiger partial charge in [-0.1, -0.05) is 6.07 Å². The lowest BCUT2D eigenvalue weighted by atomic mass is 10.2. The number of hydrogen-bond acceptors (Lipinski definition) is 4. The van der Waals surface area contributed by atoms with Gasteiger partial charge in [0.1, 0.15) is 18.1 Å². The highest BCUT2D eigenvalue weighted by atomic mass is 19.1. The van der Waals surface area contributed by atoms with Crippen LogP contribution in [0.5, 0.6) is 5.75 Å². The number of urea groups is 1. The SMILES string of the molecule is COc1ccc2ccc(C(=O)NNC(=O)NCCF)nc2c1. The summed E-state index contributed by atoms with van der Waals surface area (Å²) in [5.74, 6) is 0.0430. The Morgan fingerprint density at radius 1 is 1.23 bits per heavy atom. The van der Waals surface area contributed by atoms with Crippen molar-refractivity contribution in [3.8, 4) is 5.75 Å². The first-order valence-electron chi connectivity index (χ1n) is 6.49. The molecule has 0 saturated carbocycles. The molecule has 1 aromatic carbocycles. The molecule has 3 amide bonds. The molecule has 1 heterocycles. The van der Waals surface area contributed by atoms with Gasteiger partial charge < -0.3 is 10.1 Å². The van der Waals surface area contributed by atoms with Crippen LogP contribution in [0.25, 0.3) is 10.9 Å². The third-order valence-corrected chi connectivity index (χ3v) is 2.80. The summed E-state index contributed by atoms with van der Waals surface area (Å²) in [6.45, 7) is -0.814. The quantitative estimate of drug-likeness (QED) is 0.739. The van der Waals surface area contributed by atoms with Crippen molar-refractivity contribution in [1.82, 2.24) is 21.2 Å². The number of carbonyl (C=O) groups excluding carboxylic acids is 2. The van der Waals surface area contributed by atoms with Crippen LogP contribution in [0, 0.1) is 0 Å². The molecule has 22 heavy (non-hydrogen) atoms. The minimum absolute atomic E-state index is 0.129. The lowest BCUT2D eigenvalue weighted by molar-refractivity contribution is 0.0931. The van der Waals surface area contributed by atoms with E-state index in [2.05, 4.69) is 21.2 Å². The number of aromatic nitrogens is 1. The molecule has 0 aliphatic heterocycles. The third-order valence-electron chi connectivity index (χ3n) is 2.80. The molecule has 2 aromatic rings. The maximum atomic E-state index is 11.9. The van der Waals surface area contributed by atoms with E-state index in [1.807, 2.05) is 6.07 Å². The number of nitrogens with one attached hydrogen (secondary N) is 3. The molecule has 3 N–H and O–H groups in total. The smallest absolute Gasteiger partial charge is 0.333 e. The number of carbonyl (C=O) groups is 2. The summed E-state index contributed by atoms with van der Waals surface area (Å²) in [5, 5.41) is 3.06. The predicted octanol–water partition coefficient (Wildman–Crippen LogP) is 1.16. The van der Waals surface area contributed by atoms with E-state index in [-0.39, 0.29) is 12.2 Å². The molecule has 0 fully saturated rings. The number of ether oxygens (including phenoxy) is 1. The summed E-state index contributed by atoms with van der Waals surface area (Å²) in [7, 11) is 1.54. The molecule has 0 aliphatic carbocycles. The Hall–Kier alpha value is -2.90. The zero-order valence-corrected chi connectivity index (χ0v) is 11.9. The van der Waals surface area contributed by atoms with Gasteiger partial charge in [-0.25, -0.2) is 19.6 Å². The van der Waals surface area contributed by atoms with Gasteiger partial charge in [-0.15, -0.1) is 0 Å². The first-order chi connectivity index (χ1) is 10.6. The van der Waals surface area contributed by atoms with Crippen molar-refractivity contribution in [3.05, 3.63) is 36.0 Å². The number of fused-ring (bicyclic) bond motifs is 1. The van der Waals surface area contributed by atoms with Crippen LogP contribution in [0.3, 0.4) is 0 Å². The Kier molecular flexibility index (Phi) is 5.07. The third kappa shape index (κ3) is 3.81. The van der Waals surface area contributed by atoms with Gasteiger partial charge in [-0.05, 0) is 18.2 Å². The summed E-state index contributed by atoms with van der Waals surface area (Å²) in [6.07, 6.45) is 0. The highest BCUT2D eigenvalue weighted by molar-refractivity contribution is 5.95. The van der Waals surface area contributed by atoms with Gasteiger partial charge in [0.15, 0.2) is 0 Å². The van der Waals surface area contributed by atoms with Crippen molar-refractivity contribution in [2.24, 2.45) is 0 Å². The second-order valence-electron chi connectivity index (χ2n) is 4.28. The largest absolute Gasteiger partial charge is 0.497 e. The van der Waals surface area contributed by atoms with Crippen LogP contribution in [-0.2, 0) is 0 Å². The number of rotatable bonds is 4. The molecule has 0 atom stereocenters. The fourth-order valence-electron chi connectivity index (χ4n) is 1.73. The zero-order chi connectivity index (χ0) is 15.9. The number of alkyl halides is 1. The van der Waals surface area contributed by atoms with E-state index in [1.54, 1.807) is 18.2 Å². The molecule has 0 unspecified atom stereocenters. The highest BCUT2D eigenvalue weighted by Gasteiger charge is 2.09. The minimum atomic E-state index is -0.701. The second-order valence-corrected chi connectivity index (χ2v) is 4.28. The number of benzene rings is 1. The van der Waals surface area contributed by atoms with Gasteiger partial charge in [0.2, 0.25) is 0 Å². The van der Waals surface area contributed by atoms with E-state index in [0.29, 0.717) is 11.3 Å². The topological polar surface area (TPSA) is 92.4 Å². The molecule has 0 spiro atoms. The number of pyridine rings is 1. The summed E-state index contributed by atoms with van der Waals surface area (Å²) >= 11 is 0. The number of hydrazine groups is 1. The van der Waals surface area contributed by atoms with E-state index < -0.39 is 18.6 Å². The minimum Gasteiger partial charge on any atom is -0.497 e. The highest BCUT2D eigenvalue weighted by Crippen LogP contribution is 2.19. The van der Waals surface area contributed by atoms with Crippen molar-refractivity contribution in [3.63, 3.8) is 0 Å². The fraction of sp³-hybridized carbons (Fsp3) is 0.214. The van der Waals surface area contributed by atoms with Crippen molar-refractivity contribution in [2.75, 3.05) is 20.3 Å². The van der Waals surface area contributed by atoms with E-state index >= 15 is 0 Å². The summed E-state index contributed by atoms with van der Waals surface area (Å²) in [6, 6.07) is 7.89. The molecule has 0 aliphatic rings. The average molecular weight is 306 g/mol. The van der Waals surface area contributed by atoms with Gasteiger partial charge in [0, 0.05) is 18.0 Å². The molecule has 8 heteroatoms. The fourth-order valence-corrected chi connectivity index (χ4v) is 1.73. The van der Waals surface area contributed by atoms with E-state index in [0.717, 1.165) is 5.39 Å². The van der Waals surface area contributed by atoms with Gasteiger partial charge in [-0.2, -0.15) is 0 Å². The first-order valence-corrected chi connectivity index (χ1v) is 6.49. The Balaban J connectivity index is 2.06. The van der Waals surface area contributed by atoms with Gasteiger partial charge in [0.05, 0.1) is 12.6 Å². The number of hydrogen-bond donors (Lipinski definition) is 3. The van der Waals surface area contributed by atoms with Crippen molar-refractivity contribution in [2.45, 2.75) is 0 Å². The van der Waals surface area contributed by atoms with Crippen LogP contribution < -0.4 is 20.9 Å². The van der Waals surface area contributed by atoms with Crippen molar-refractivity contribution in [1.29, 1.82) is 0 Å². The zero-order valence-electron chi connectivity index (χ0n) is 11.9. The van der Waals surface area contributed by atoms with Crippen LogP contribution in [0.2, 0.25) is 0 Å². The van der Waals surface area contributed by atoms with Gasteiger partial charge >= 0.3 is 6.03 Å². The Morgan fingerprint density at radius 2 is 2.00 bits per heavy atom. The Bertz CT molecular complexity index is 693. The molecule has 1 aromatic heterocycles. The number of methoxy groups -OCH3 is 1. The molecular formula is C14H15FN4O3.